The van der Waals surface area contributed by atoms with E-state index in [-0.39, 0.29) is 12.3 Å². The van der Waals surface area contributed by atoms with E-state index in [0.29, 0.717) is 10.9 Å². The number of aromatic nitrogens is 1. The number of carbonyl (C=O) groups is 2. The van der Waals surface area contributed by atoms with Gasteiger partial charge in [-0.1, -0.05) is 11.3 Å². The standard InChI is InChI=1S/C8H10N2O3S2/c1-5(11)10-8-9-4-7(15-8)14-3-2-6(12)13/h4H,2-3H2,1H3,(H,12,13)(H,9,10,11). The molecule has 0 spiro atoms. The first-order valence-electron chi connectivity index (χ1n) is 4.16. The van der Waals surface area contributed by atoms with E-state index in [9.17, 15) is 9.59 Å². The van der Waals surface area contributed by atoms with Crippen molar-refractivity contribution in [3.05, 3.63) is 6.20 Å². The molecule has 0 aliphatic rings. The second-order valence-electron chi connectivity index (χ2n) is 2.66. The van der Waals surface area contributed by atoms with Gasteiger partial charge < -0.3 is 10.4 Å². The van der Waals surface area contributed by atoms with Gasteiger partial charge in [0.1, 0.15) is 0 Å². The molecule has 0 bridgehead atoms. The lowest BCUT2D eigenvalue weighted by Crippen LogP contribution is -2.04. The van der Waals surface area contributed by atoms with Crippen LogP contribution in [0.2, 0.25) is 0 Å². The van der Waals surface area contributed by atoms with Crippen molar-refractivity contribution in [2.45, 2.75) is 17.6 Å². The maximum atomic E-state index is 10.7. The normalized spacial score (nSPS) is 9.93. The topological polar surface area (TPSA) is 79.3 Å². The van der Waals surface area contributed by atoms with E-state index in [1.54, 1.807) is 6.20 Å². The highest BCUT2D eigenvalue weighted by atomic mass is 32.2. The monoisotopic (exact) mass is 246 g/mol. The molecule has 1 rings (SSSR count). The van der Waals surface area contributed by atoms with E-state index in [1.165, 1.54) is 30.0 Å². The zero-order valence-electron chi connectivity index (χ0n) is 8.02. The van der Waals surface area contributed by atoms with Crippen LogP contribution in [0.4, 0.5) is 5.13 Å². The molecule has 2 N–H and O–H groups in total. The first-order valence-corrected chi connectivity index (χ1v) is 5.96. The third-order valence-electron chi connectivity index (χ3n) is 1.33. The maximum Gasteiger partial charge on any atom is 0.304 e. The number of hydrogen-bond acceptors (Lipinski definition) is 5. The van der Waals surface area contributed by atoms with Gasteiger partial charge in [-0.3, -0.25) is 9.59 Å². The molecule has 0 aromatic carbocycles. The highest BCUT2D eigenvalue weighted by Gasteiger charge is 2.04. The Hall–Kier alpha value is -1.08. The second-order valence-corrected chi connectivity index (χ2v) is 5.08. The van der Waals surface area contributed by atoms with E-state index in [4.69, 9.17) is 5.11 Å². The lowest BCUT2D eigenvalue weighted by Gasteiger charge is -1.94. The fourth-order valence-electron chi connectivity index (χ4n) is 0.773. The lowest BCUT2D eigenvalue weighted by molar-refractivity contribution is -0.136. The maximum absolute atomic E-state index is 10.7. The molecular weight excluding hydrogens is 236 g/mol. The molecule has 0 aliphatic carbocycles. The molecule has 1 amide bonds. The molecule has 7 heteroatoms. The van der Waals surface area contributed by atoms with Crippen molar-refractivity contribution in [2.75, 3.05) is 11.1 Å². The van der Waals surface area contributed by atoms with Gasteiger partial charge in [0, 0.05) is 12.7 Å². The summed E-state index contributed by atoms with van der Waals surface area (Å²) in [6.07, 6.45) is 1.75. The number of hydrogen-bond donors (Lipinski definition) is 2. The minimum atomic E-state index is -0.811. The number of anilines is 1. The molecule has 0 aliphatic heterocycles. The Bertz CT molecular complexity index is 365. The van der Waals surface area contributed by atoms with E-state index in [0.717, 1.165) is 4.21 Å². The number of amides is 1. The largest absolute Gasteiger partial charge is 0.481 e. The second kappa shape index (κ2) is 5.72. The Morgan fingerprint density at radius 3 is 3.00 bits per heavy atom. The van der Waals surface area contributed by atoms with E-state index in [1.807, 2.05) is 0 Å². The molecule has 15 heavy (non-hydrogen) atoms. The summed E-state index contributed by atoms with van der Waals surface area (Å²) in [4.78, 5) is 24.9. The zero-order chi connectivity index (χ0) is 11.3. The minimum absolute atomic E-state index is 0.123. The van der Waals surface area contributed by atoms with Gasteiger partial charge in [-0.2, -0.15) is 0 Å². The molecule has 0 saturated heterocycles. The molecule has 0 atom stereocenters. The molecule has 1 aromatic rings. The van der Waals surface area contributed by atoms with Crippen LogP contribution in [0.1, 0.15) is 13.3 Å². The first kappa shape index (κ1) is 12.0. The Kier molecular flexibility index (Phi) is 4.57. The average Bonchev–Trinajstić information content (AvgIpc) is 2.50. The van der Waals surface area contributed by atoms with Crippen LogP contribution in [-0.4, -0.2) is 27.7 Å². The van der Waals surface area contributed by atoms with Crippen molar-refractivity contribution >= 4 is 40.1 Å². The Labute approximate surface area is 94.9 Å². The molecule has 0 unspecified atom stereocenters. The summed E-state index contributed by atoms with van der Waals surface area (Å²) in [6, 6.07) is 0. The number of carboxylic acid groups (broad SMARTS) is 1. The summed E-state index contributed by atoms with van der Waals surface area (Å²) in [7, 11) is 0. The van der Waals surface area contributed by atoms with Crippen molar-refractivity contribution in [1.82, 2.24) is 4.98 Å². The first-order chi connectivity index (χ1) is 7.08. The van der Waals surface area contributed by atoms with Crippen molar-refractivity contribution in [3.63, 3.8) is 0 Å². The van der Waals surface area contributed by atoms with Crippen molar-refractivity contribution in [3.8, 4) is 0 Å². The third-order valence-corrected chi connectivity index (χ3v) is 3.44. The van der Waals surface area contributed by atoms with Crippen LogP contribution < -0.4 is 5.32 Å². The van der Waals surface area contributed by atoms with Crippen molar-refractivity contribution in [1.29, 1.82) is 0 Å². The van der Waals surface area contributed by atoms with Crippen LogP contribution in [0.3, 0.4) is 0 Å². The summed E-state index contributed by atoms with van der Waals surface area (Å²) in [5, 5.41) is 11.5. The fourth-order valence-corrected chi connectivity index (χ4v) is 2.70. The number of carbonyl (C=O) groups excluding carboxylic acids is 1. The number of rotatable bonds is 5. The van der Waals surface area contributed by atoms with Crippen LogP contribution >= 0.6 is 23.1 Å². The fraction of sp³-hybridized carbons (Fsp3) is 0.375. The SMILES string of the molecule is CC(=O)Nc1ncc(SCCC(=O)O)s1. The van der Waals surface area contributed by atoms with E-state index in [2.05, 4.69) is 10.3 Å². The van der Waals surface area contributed by atoms with Crippen molar-refractivity contribution in [2.24, 2.45) is 0 Å². The smallest absolute Gasteiger partial charge is 0.304 e. The minimum Gasteiger partial charge on any atom is -0.481 e. The molecule has 0 saturated carbocycles. The number of thiazole rings is 1. The molecular formula is C8H10N2O3S2. The van der Waals surface area contributed by atoms with Gasteiger partial charge in [0.15, 0.2) is 5.13 Å². The Balaban J connectivity index is 2.39. The summed E-state index contributed by atoms with van der Waals surface area (Å²) in [5.41, 5.74) is 0. The highest BCUT2D eigenvalue weighted by molar-refractivity contribution is 8.01. The van der Waals surface area contributed by atoms with Crippen LogP contribution in [-0.2, 0) is 9.59 Å². The third kappa shape index (κ3) is 4.80. The number of aliphatic carboxylic acids is 1. The zero-order valence-corrected chi connectivity index (χ0v) is 9.65. The van der Waals surface area contributed by atoms with Gasteiger partial charge in [0.05, 0.1) is 16.8 Å². The lowest BCUT2D eigenvalue weighted by atomic mass is 10.5. The number of thioether (sulfide) groups is 1. The average molecular weight is 246 g/mol. The quantitative estimate of drug-likeness (QED) is 0.772. The number of nitrogens with zero attached hydrogens (tertiary/aromatic N) is 1. The van der Waals surface area contributed by atoms with Gasteiger partial charge in [-0.15, -0.1) is 11.8 Å². The van der Waals surface area contributed by atoms with Crippen LogP contribution in [0, 0.1) is 0 Å². The Morgan fingerprint density at radius 2 is 2.40 bits per heavy atom. The molecule has 0 fully saturated rings. The number of carboxylic acids is 1. The molecule has 0 radical (unpaired) electrons. The van der Waals surface area contributed by atoms with Gasteiger partial charge in [0.25, 0.3) is 0 Å². The molecule has 82 valence electrons. The van der Waals surface area contributed by atoms with Crippen LogP contribution in [0.25, 0.3) is 0 Å². The summed E-state index contributed by atoms with van der Waals surface area (Å²) >= 11 is 2.76. The predicted molar refractivity (Wildman–Crippen MR) is 59.4 cm³/mol. The Morgan fingerprint density at radius 1 is 1.67 bits per heavy atom. The van der Waals surface area contributed by atoms with Gasteiger partial charge in [0.2, 0.25) is 5.91 Å². The molecule has 1 heterocycles. The molecule has 1 aromatic heterocycles. The summed E-state index contributed by atoms with van der Waals surface area (Å²) in [5.74, 6) is -0.461. The van der Waals surface area contributed by atoms with E-state index >= 15 is 0 Å². The van der Waals surface area contributed by atoms with Crippen molar-refractivity contribution < 1.29 is 14.7 Å². The van der Waals surface area contributed by atoms with Gasteiger partial charge in [-0.05, 0) is 0 Å². The van der Waals surface area contributed by atoms with Gasteiger partial charge >= 0.3 is 5.97 Å². The van der Waals surface area contributed by atoms with Crippen LogP contribution in [0.5, 0.6) is 0 Å². The summed E-state index contributed by atoms with van der Waals surface area (Å²) in [6.45, 7) is 1.42. The summed E-state index contributed by atoms with van der Waals surface area (Å²) < 4.78 is 0.903. The van der Waals surface area contributed by atoms with Crippen LogP contribution in [0.15, 0.2) is 10.4 Å². The predicted octanol–water partition coefficient (Wildman–Crippen LogP) is 1.67. The van der Waals surface area contributed by atoms with Gasteiger partial charge in [-0.25, -0.2) is 4.98 Å². The van der Waals surface area contributed by atoms with E-state index < -0.39 is 5.97 Å². The number of nitrogens with one attached hydrogen (secondary N) is 1. The molecule has 5 nitrogen and oxygen atoms in total. The highest BCUT2D eigenvalue weighted by Crippen LogP contribution is 2.28.